The van der Waals surface area contributed by atoms with E-state index in [1.165, 1.54) is 0 Å². The summed E-state index contributed by atoms with van der Waals surface area (Å²) in [6.45, 7) is 9.07. The summed E-state index contributed by atoms with van der Waals surface area (Å²) in [6.07, 6.45) is 3.67. The lowest BCUT2D eigenvalue weighted by Crippen LogP contribution is -2.39. The SMILES string of the molecule is CCc1c(C)nc2cc(C3CCCN(C(=O)CCc4c(C)noc4C)C3)[nH]n2c1=O. The van der Waals surface area contributed by atoms with Gasteiger partial charge in [0.05, 0.1) is 5.69 Å². The fourth-order valence-electron chi connectivity index (χ4n) is 4.51. The number of nitrogens with zero attached hydrogens (tertiary/aromatic N) is 4. The fourth-order valence-corrected chi connectivity index (χ4v) is 4.51. The quantitative estimate of drug-likeness (QED) is 0.696. The first-order valence-electron chi connectivity index (χ1n) is 10.7. The second-order valence-electron chi connectivity index (χ2n) is 8.22. The molecule has 8 nitrogen and oxygen atoms in total. The third-order valence-electron chi connectivity index (χ3n) is 6.27. The molecule has 0 bridgehead atoms. The number of aryl methyl sites for hydroxylation is 3. The van der Waals surface area contributed by atoms with Crippen molar-refractivity contribution in [3.05, 3.63) is 50.4 Å². The van der Waals surface area contributed by atoms with Crippen molar-refractivity contribution in [2.45, 2.75) is 65.7 Å². The highest BCUT2D eigenvalue weighted by Crippen LogP contribution is 2.27. The first kappa shape index (κ1) is 20.4. The normalized spacial score (nSPS) is 17.1. The smallest absolute Gasteiger partial charge is 0.276 e. The van der Waals surface area contributed by atoms with Gasteiger partial charge in [0.2, 0.25) is 5.91 Å². The van der Waals surface area contributed by atoms with Gasteiger partial charge in [-0.05, 0) is 46.5 Å². The van der Waals surface area contributed by atoms with Crippen LogP contribution in [0.25, 0.3) is 5.65 Å². The Labute approximate surface area is 175 Å². The molecule has 0 spiro atoms. The van der Waals surface area contributed by atoms with Crippen LogP contribution < -0.4 is 5.56 Å². The summed E-state index contributed by atoms with van der Waals surface area (Å²) in [4.78, 5) is 32.1. The van der Waals surface area contributed by atoms with Gasteiger partial charge in [0, 0.05) is 54.0 Å². The van der Waals surface area contributed by atoms with E-state index in [-0.39, 0.29) is 17.4 Å². The molecule has 1 aliphatic rings. The standard InChI is InChI=1S/C22H29N5O3/c1-5-17-13(2)23-20-11-19(24-27(20)22(17)29)16-7-6-10-26(12-16)21(28)9-8-18-14(3)25-30-15(18)4/h11,16,24H,5-10,12H2,1-4H3. The zero-order valence-corrected chi connectivity index (χ0v) is 18.1. The van der Waals surface area contributed by atoms with Crippen LogP contribution in [-0.2, 0) is 17.6 Å². The molecule has 3 aromatic heterocycles. The van der Waals surface area contributed by atoms with Gasteiger partial charge in [-0.2, -0.15) is 0 Å². The number of piperidine rings is 1. The highest BCUT2D eigenvalue weighted by Gasteiger charge is 2.27. The summed E-state index contributed by atoms with van der Waals surface area (Å²) in [5.74, 6) is 1.11. The Kier molecular flexibility index (Phi) is 5.49. The minimum Gasteiger partial charge on any atom is -0.361 e. The van der Waals surface area contributed by atoms with Crippen LogP contribution >= 0.6 is 0 Å². The number of likely N-dealkylation sites (tertiary alicyclic amines) is 1. The van der Waals surface area contributed by atoms with Crippen LogP contribution in [0.3, 0.4) is 0 Å². The molecule has 1 unspecified atom stereocenters. The van der Waals surface area contributed by atoms with Crippen molar-refractivity contribution in [3.8, 4) is 0 Å². The summed E-state index contributed by atoms with van der Waals surface area (Å²) >= 11 is 0. The maximum Gasteiger partial charge on any atom is 0.276 e. The lowest BCUT2D eigenvalue weighted by atomic mass is 9.94. The van der Waals surface area contributed by atoms with Gasteiger partial charge in [-0.25, -0.2) is 9.50 Å². The molecule has 1 fully saturated rings. The molecule has 1 aliphatic heterocycles. The molecule has 1 atom stereocenters. The van der Waals surface area contributed by atoms with E-state index in [9.17, 15) is 9.59 Å². The first-order valence-corrected chi connectivity index (χ1v) is 10.7. The average Bonchev–Trinajstić information content (AvgIpc) is 3.30. The third kappa shape index (κ3) is 3.66. The maximum absolute atomic E-state index is 12.8. The van der Waals surface area contributed by atoms with Crippen LogP contribution in [0.5, 0.6) is 0 Å². The van der Waals surface area contributed by atoms with Gasteiger partial charge >= 0.3 is 0 Å². The molecule has 4 heterocycles. The predicted octanol–water partition coefficient (Wildman–Crippen LogP) is 2.84. The summed E-state index contributed by atoms with van der Waals surface area (Å²) in [5, 5.41) is 7.21. The highest BCUT2D eigenvalue weighted by molar-refractivity contribution is 5.76. The van der Waals surface area contributed by atoms with Crippen molar-refractivity contribution in [3.63, 3.8) is 0 Å². The Morgan fingerprint density at radius 1 is 1.27 bits per heavy atom. The molecule has 1 amide bonds. The second-order valence-corrected chi connectivity index (χ2v) is 8.22. The van der Waals surface area contributed by atoms with Gasteiger partial charge in [-0.3, -0.25) is 14.7 Å². The van der Waals surface area contributed by atoms with Gasteiger partial charge in [0.15, 0.2) is 5.65 Å². The maximum atomic E-state index is 12.8. The number of aromatic amines is 1. The molecular formula is C22H29N5O3. The largest absolute Gasteiger partial charge is 0.361 e. The van der Waals surface area contributed by atoms with E-state index in [1.807, 2.05) is 38.7 Å². The van der Waals surface area contributed by atoms with Gasteiger partial charge < -0.3 is 9.42 Å². The number of hydrogen-bond acceptors (Lipinski definition) is 5. The Bertz CT molecular complexity index is 1120. The van der Waals surface area contributed by atoms with Gasteiger partial charge in [0.25, 0.3) is 5.56 Å². The molecule has 1 saturated heterocycles. The number of H-pyrrole nitrogens is 1. The summed E-state index contributed by atoms with van der Waals surface area (Å²) in [5.41, 5.74) is 4.99. The molecule has 0 saturated carbocycles. The van der Waals surface area contributed by atoms with Crippen LogP contribution in [0.4, 0.5) is 0 Å². The van der Waals surface area contributed by atoms with Crippen LogP contribution in [0, 0.1) is 20.8 Å². The molecular weight excluding hydrogens is 382 g/mol. The van der Waals surface area contributed by atoms with E-state index in [2.05, 4.69) is 15.2 Å². The molecule has 0 aliphatic carbocycles. The topological polar surface area (TPSA) is 96.5 Å². The molecule has 4 rings (SSSR count). The zero-order valence-electron chi connectivity index (χ0n) is 18.1. The number of fused-ring (bicyclic) bond motifs is 1. The van der Waals surface area contributed by atoms with Crippen molar-refractivity contribution >= 4 is 11.6 Å². The van der Waals surface area contributed by atoms with Crippen LogP contribution in [0.15, 0.2) is 15.4 Å². The molecule has 0 aromatic carbocycles. The first-order chi connectivity index (χ1) is 14.4. The zero-order chi connectivity index (χ0) is 21.4. The van der Waals surface area contributed by atoms with Gasteiger partial charge in [-0.15, -0.1) is 0 Å². The molecule has 1 N–H and O–H groups in total. The Balaban J connectivity index is 1.49. The van der Waals surface area contributed by atoms with E-state index in [0.29, 0.717) is 31.5 Å². The second kappa shape index (κ2) is 8.08. The highest BCUT2D eigenvalue weighted by atomic mass is 16.5. The van der Waals surface area contributed by atoms with E-state index >= 15 is 0 Å². The van der Waals surface area contributed by atoms with Crippen molar-refractivity contribution in [1.29, 1.82) is 0 Å². The Morgan fingerprint density at radius 2 is 2.07 bits per heavy atom. The van der Waals surface area contributed by atoms with E-state index in [0.717, 1.165) is 53.4 Å². The molecule has 0 radical (unpaired) electrons. The Hall–Kier alpha value is -2.90. The summed E-state index contributed by atoms with van der Waals surface area (Å²) < 4.78 is 6.74. The van der Waals surface area contributed by atoms with Crippen molar-refractivity contribution in [2.24, 2.45) is 0 Å². The summed E-state index contributed by atoms with van der Waals surface area (Å²) in [6, 6.07) is 1.95. The number of carbonyl (C=O) groups is 1. The van der Waals surface area contributed by atoms with Crippen molar-refractivity contribution < 1.29 is 9.32 Å². The average molecular weight is 412 g/mol. The third-order valence-corrected chi connectivity index (χ3v) is 6.27. The van der Waals surface area contributed by atoms with E-state index < -0.39 is 0 Å². The lowest BCUT2D eigenvalue weighted by molar-refractivity contribution is -0.132. The number of rotatable bonds is 5. The van der Waals surface area contributed by atoms with E-state index in [4.69, 9.17) is 4.52 Å². The number of carbonyl (C=O) groups excluding carboxylic acids is 1. The monoisotopic (exact) mass is 411 g/mol. The van der Waals surface area contributed by atoms with Crippen LogP contribution in [0.1, 0.15) is 66.1 Å². The predicted molar refractivity (Wildman–Crippen MR) is 113 cm³/mol. The van der Waals surface area contributed by atoms with Gasteiger partial charge in [0.1, 0.15) is 5.76 Å². The fraction of sp³-hybridized carbons (Fsp3) is 0.545. The minimum absolute atomic E-state index is 0.0329. The Morgan fingerprint density at radius 3 is 2.77 bits per heavy atom. The minimum atomic E-state index is -0.0329. The van der Waals surface area contributed by atoms with Crippen molar-refractivity contribution in [2.75, 3.05) is 13.1 Å². The van der Waals surface area contributed by atoms with Crippen LogP contribution in [-0.4, -0.2) is 43.7 Å². The molecule has 160 valence electrons. The number of amides is 1. The molecule has 8 heteroatoms. The van der Waals surface area contributed by atoms with E-state index in [1.54, 1.807) is 4.52 Å². The molecule has 3 aromatic rings. The number of nitrogens with one attached hydrogen (secondary N) is 1. The lowest BCUT2D eigenvalue weighted by Gasteiger charge is -2.32. The molecule has 30 heavy (non-hydrogen) atoms. The number of aromatic nitrogens is 4. The summed E-state index contributed by atoms with van der Waals surface area (Å²) in [7, 11) is 0. The van der Waals surface area contributed by atoms with Crippen LogP contribution in [0.2, 0.25) is 0 Å². The number of hydrogen-bond donors (Lipinski definition) is 1. The van der Waals surface area contributed by atoms with Crippen molar-refractivity contribution in [1.82, 2.24) is 24.7 Å². The van der Waals surface area contributed by atoms with Gasteiger partial charge in [-0.1, -0.05) is 12.1 Å².